The zero-order chi connectivity index (χ0) is 16.4. The van der Waals surface area contributed by atoms with Crippen LogP contribution < -0.4 is 4.90 Å². The molecule has 2 aromatic rings. The first-order valence-electron chi connectivity index (χ1n) is 7.30. The molecule has 0 spiro atoms. The first-order chi connectivity index (χ1) is 10.5. The van der Waals surface area contributed by atoms with E-state index in [0.717, 1.165) is 11.3 Å². The summed E-state index contributed by atoms with van der Waals surface area (Å²) in [5.41, 5.74) is 2.27. The molecule has 4 nitrogen and oxygen atoms in total. The van der Waals surface area contributed by atoms with Gasteiger partial charge in [0.2, 0.25) is 0 Å². The summed E-state index contributed by atoms with van der Waals surface area (Å²) in [6, 6.07) is 5.34. The fraction of sp³-hybridized carbons (Fsp3) is 0.375. The quantitative estimate of drug-likeness (QED) is 0.752. The molecule has 0 N–H and O–H groups in total. The van der Waals surface area contributed by atoms with Gasteiger partial charge in [-0.15, -0.1) is 0 Å². The number of nitrogens with zero attached hydrogens (tertiary/aromatic N) is 3. The number of aryl methyl sites for hydroxylation is 1. The molecule has 1 aromatic heterocycles. The van der Waals surface area contributed by atoms with E-state index in [9.17, 15) is 4.79 Å². The molecule has 1 amide bonds. The minimum Gasteiger partial charge on any atom is -0.305 e. The van der Waals surface area contributed by atoms with Gasteiger partial charge in [0.25, 0.3) is 5.91 Å². The molecule has 6 heteroatoms. The number of fused-ring (bicyclic) bond motifs is 1. The Labute approximate surface area is 140 Å². The Bertz CT molecular complexity index is 697. The maximum absolute atomic E-state index is 12.6. The second-order valence-corrected chi connectivity index (χ2v) is 5.80. The fourth-order valence-electron chi connectivity index (χ4n) is 2.48. The van der Waals surface area contributed by atoms with Crippen LogP contribution in [0.5, 0.6) is 0 Å². The lowest BCUT2D eigenvalue weighted by Crippen LogP contribution is -2.42. The molecule has 1 aromatic carbocycles. The Morgan fingerprint density at radius 1 is 1.23 bits per heavy atom. The van der Waals surface area contributed by atoms with Gasteiger partial charge in [-0.2, -0.15) is 5.10 Å². The number of carbonyl (C=O) groups excluding carboxylic acids is 1. The Hall–Kier alpha value is -1.52. The zero-order valence-electron chi connectivity index (χ0n) is 13.1. The van der Waals surface area contributed by atoms with Crippen LogP contribution in [-0.2, 0) is 0 Å². The Kier molecular flexibility index (Phi) is 5.14. The maximum Gasteiger partial charge on any atom is 0.276 e. The van der Waals surface area contributed by atoms with Crippen molar-refractivity contribution in [3.8, 4) is 0 Å². The van der Waals surface area contributed by atoms with Crippen LogP contribution >= 0.6 is 23.2 Å². The van der Waals surface area contributed by atoms with Gasteiger partial charge < -0.3 is 4.90 Å². The fourth-order valence-corrected chi connectivity index (χ4v) is 2.77. The molecule has 0 radical (unpaired) electrons. The van der Waals surface area contributed by atoms with Crippen molar-refractivity contribution in [2.24, 2.45) is 0 Å². The van der Waals surface area contributed by atoms with E-state index in [1.54, 1.807) is 34.0 Å². The van der Waals surface area contributed by atoms with E-state index in [4.69, 9.17) is 23.2 Å². The average Bonchev–Trinajstić information content (AvgIpc) is 2.91. The third-order valence-electron chi connectivity index (χ3n) is 3.51. The van der Waals surface area contributed by atoms with Gasteiger partial charge in [-0.1, -0.05) is 37.0 Å². The van der Waals surface area contributed by atoms with Gasteiger partial charge in [0.15, 0.2) is 0 Å². The van der Waals surface area contributed by atoms with Crippen LogP contribution in [0.2, 0.25) is 10.0 Å². The molecule has 0 saturated carbocycles. The zero-order valence-corrected chi connectivity index (χ0v) is 14.6. The van der Waals surface area contributed by atoms with Crippen molar-refractivity contribution >= 4 is 34.8 Å². The van der Waals surface area contributed by atoms with E-state index in [0.29, 0.717) is 22.3 Å². The molecular weight excluding hydrogens is 321 g/mol. The average molecular weight is 340 g/mol. The lowest BCUT2D eigenvalue weighted by molar-refractivity contribution is 0.0952. The Balaban J connectivity index is 0.000000847. The lowest BCUT2D eigenvalue weighted by Gasteiger charge is -2.32. The molecule has 1 unspecified atom stereocenters. The van der Waals surface area contributed by atoms with Crippen molar-refractivity contribution < 1.29 is 4.79 Å². The summed E-state index contributed by atoms with van der Waals surface area (Å²) < 4.78 is 1.78. The molecule has 0 saturated heterocycles. The number of carbonyl (C=O) groups is 1. The highest BCUT2D eigenvalue weighted by atomic mass is 35.5. The van der Waals surface area contributed by atoms with E-state index in [2.05, 4.69) is 5.10 Å². The molecule has 1 aliphatic heterocycles. The number of hydrogen-bond donors (Lipinski definition) is 0. The number of hydrogen-bond acceptors (Lipinski definition) is 2. The number of aromatic nitrogens is 2. The van der Waals surface area contributed by atoms with Gasteiger partial charge in [-0.25, -0.2) is 0 Å². The van der Waals surface area contributed by atoms with Crippen LogP contribution in [0.1, 0.15) is 42.9 Å². The molecule has 118 valence electrons. The summed E-state index contributed by atoms with van der Waals surface area (Å²) in [5.74, 6) is -0.0588. The standard InChI is InChI=1S/C14H13Cl2N3O.C2H6/c1-8-6-17-19-9(2)7-18(14(20)13(8)19)10-3-4-11(15)12(16)5-10;1-2/h3-6,9H,7H2,1-2H3;1-2H3. The van der Waals surface area contributed by atoms with Crippen LogP contribution in [0.4, 0.5) is 5.69 Å². The van der Waals surface area contributed by atoms with Crippen molar-refractivity contribution in [3.63, 3.8) is 0 Å². The molecular formula is C16H19Cl2N3O. The molecule has 0 aliphatic carbocycles. The minimum absolute atomic E-state index is 0.0588. The number of anilines is 1. The number of rotatable bonds is 1. The molecule has 1 atom stereocenters. The van der Waals surface area contributed by atoms with E-state index < -0.39 is 0 Å². The van der Waals surface area contributed by atoms with Crippen molar-refractivity contribution in [2.75, 3.05) is 11.4 Å². The predicted octanol–water partition coefficient (Wildman–Crippen LogP) is 4.75. The second kappa shape index (κ2) is 6.71. The number of halogens is 2. The first-order valence-corrected chi connectivity index (χ1v) is 8.05. The maximum atomic E-state index is 12.6. The highest BCUT2D eigenvalue weighted by molar-refractivity contribution is 6.42. The Morgan fingerprint density at radius 3 is 2.55 bits per heavy atom. The van der Waals surface area contributed by atoms with E-state index in [1.807, 2.05) is 27.7 Å². The number of amides is 1. The number of benzene rings is 1. The van der Waals surface area contributed by atoms with Crippen molar-refractivity contribution in [3.05, 3.63) is 45.7 Å². The van der Waals surface area contributed by atoms with Crippen molar-refractivity contribution in [2.45, 2.75) is 33.7 Å². The monoisotopic (exact) mass is 339 g/mol. The van der Waals surface area contributed by atoms with Gasteiger partial charge in [-0.3, -0.25) is 9.48 Å². The smallest absolute Gasteiger partial charge is 0.276 e. The minimum atomic E-state index is -0.0588. The predicted molar refractivity (Wildman–Crippen MR) is 91.2 cm³/mol. The van der Waals surface area contributed by atoms with Crippen LogP contribution in [-0.4, -0.2) is 22.2 Å². The van der Waals surface area contributed by atoms with E-state index >= 15 is 0 Å². The van der Waals surface area contributed by atoms with E-state index in [1.165, 1.54) is 0 Å². The summed E-state index contributed by atoms with van der Waals surface area (Å²) in [4.78, 5) is 14.3. The Morgan fingerprint density at radius 2 is 1.91 bits per heavy atom. The molecule has 22 heavy (non-hydrogen) atoms. The van der Waals surface area contributed by atoms with Crippen LogP contribution in [0, 0.1) is 6.92 Å². The van der Waals surface area contributed by atoms with E-state index in [-0.39, 0.29) is 11.9 Å². The van der Waals surface area contributed by atoms with Crippen molar-refractivity contribution in [1.29, 1.82) is 0 Å². The molecule has 2 heterocycles. The summed E-state index contributed by atoms with van der Waals surface area (Å²) >= 11 is 12.0. The van der Waals surface area contributed by atoms with Gasteiger partial charge in [0.1, 0.15) is 5.69 Å². The third kappa shape index (κ3) is 2.85. The second-order valence-electron chi connectivity index (χ2n) is 4.98. The van der Waals surface area contributed by atoms with Crippen LogP contribution in [0.15, 0.2) is 24.4 Å². The lowest BCUT2D eigenvalue weighted by atomic mass is 10.1. The normalized spacial score (nSPS) is 16.9. The molecule has 1 aliphatic rings. The molecule has 0 bridgehead atoms. The highest BCUT2D eigenvalue weighted by Crippen LogP contribution is 2.31. The summed E-state index contributed by atoms with van der Waals surface area (Å²) in [6.07, 6.45) is 1.72. The van der Waals surface area contributed by atoms with Crippen LogP contribution in [0.3, 0.4) is 0 Å². The first kappa shape index (κ1) is 16.8. The van der Waals surface area contributed by atoms with Gasteiger partial charge in [-0.05, 0) is 32.0 Å². The largest absolute Gasteiger partial charge is 0.305 e. The molecule has 0 fully saturated rings. The summed E-state index contributed by atoms with van der Waals surface area (Å²) in [5, 5.41) is 5.20. The summed E-state index contributed by atoms with van der Waals surface area (Å²) in [6.45, 7) is 8.49. The summed E-state index contributed by atoms with van der Waals surface area (Å²) in [7, 11) is 0. The highest BCUT2D eigenvalue weighted by Gasteiger charge is 2.32. The van der Waals surface area contributed by atoms with Gasteiger partial charge in [0, 0.05) is 17.8 Å². The van der Waals surface area contributed by atoms with Gasteiger partial charge in [0.05, 0.1) is 22.3 Å². The van der Waals surface area contributed by atoms with Crippen molar-refractivity contribution in [1.82, 2.24) is 9.78 Å². The topological polar surface area (TPSA) is 38.1 Å². The molecule has 3 rings (SSSR count). The van der Waals surface area contributed by atoms with Gasteiger partial charge >= 0.3 is 0 Å². The van der Waals surface area contributed by atoms with Crippen LogP contribution in [0.25, 0.3) is 0 Å². The third-order valence-corrected chi connectivity index (χ3v) is 4.24. The SMILES string of the molecule is CC.Cc1cnn2c1C(=O)N(c1ccc(Cl)c(Cl)c1)CC2C.